The molecule has 9 heteroatoms. The van der Waals surface area contributed by atoms with Gasteiger partial charge in [-0.15, -0.1) is 11.3 Å². The van der Waals surface area contributed by atoms with Crippen LogP contribution in [-0.4, -0.2) is 19.5 Å². The van der Waals surface area contributed by atoms with Gasteiger partial charge in [-0.1, -0.05) is 12.1 Å². The standard InChI is InChI=1S/C25H20F3N5S/c1-3-33-22-10-15(2)19(31-24-32-21(14-34-24)17-7-5-9-29-13-17)12-20(22)30-23(33)16-6-4-8-18(11-16)25(26,27)28/h4-14H,3H2,1-2H3,(H,31,32). The van der Waals surface area contributed by atoms with E-state index < -0.39 is 11.7 Å². The summed E-state index contributed by atoms with van der Waals surface area (Å²) in [6, 6.07) is 13.0. The fourth-order valence-corrected chi connectivity index (χ4v) is 4.61. The molecule has 5 aromatic rings. The van der Waals surface area contributed by atoms with Gasteiger partial charge in [0.15, 0.2) is 5.13 Å². The van der Waals surface area contributed by atoms with Crippen LogP contribution in [0.5, 0.6) is 0 Å². The second-order valence-electron chi connectivity index (χ2n) is 7.82. The fourth-order valence-electron chi connectivity index (χ4n) is 3.88. The number of pyridine rings is 1. The third-order valence-electron chi connectivity index (χ3n) is 5.56. The molecule has 0 fully saturated rings. The summed E-state index contributed by atoms with van der Waals surface area (Å²) in [5.74, 6) is 0.508. The van der Waals surface area contributed by atoms with E-state index in [2.05, 4.69) is 15.3 Å². The van der Waals surface area contributed by atoms with Gasteiger partial charge in [0.1, 0.15) is 5.82 Å². The first-order valence-corrected chi connectivity index (χ1v) is 11.5. The summed E-state index contributed by atoms with van der Waals surface area (Å²) in [6.07, 6.45) is -0.922. The minimum absolute atomic E-state index is 0.432. The van der Waals surface area contributed by atoms with Gasteiger partial charge in [0, 0.05) is 41.1 Å². The molecule has 0 radical (unpaired) electrons. The SMILES string of the molecule is CCn1c(-c2cccc(C(F)(F)F)c2)nc2cc(Nc3nc(-c4cccnc4)cs3)c(C)cc21. The van der Waals surface area contributed by atoms with Gasteiger partial charge in [-0.05, 0) is 55.8 Å². The highest BCUT2D eigenvalue weighted by Gasteiger charge is 2.31. The number of hydrogen-bond acceptors (Lipinski definition) is 5. The number of aryl methyl sites for hydroxylation is 2. The van der Waals surface area contributed by atoms with E-state index in [9.17, 15) is 13.2 Å². The monoisotopic (exact) mass is 479 g/mol. The Hall–Kier alpha value is -3.72. The van der Waals surface area contributed by atoms with Crippen molar-refractivity contribution < 1.29 is 13.2 Å². The van der Waals surface area contributed by atoms with Crippen LogP contribution in [0.2, 0.25) is 0 Å². The molecule has 172 valence electrons. The van der Waals surface area contributed by atoms with Crippen LogP contribution in [0.4, 0.5) is 24.0 Å². The molecular formula is C25H20F3N5S. The second-order valence-corrected chi connectivity index (χ2v) is 8.68. The topological polar surface area (TPSA) is 55.6 Å². The van der Waals surface area contributed by atoms with Crippen LogP contribution in [0.3, 0.4) is 0 Å². The number of nitrogens with one attached hydrogen (secondary N) is 1. The van der Waals surface area contributed by atoms with Crippen molar-refractivity contribution in [2.75, 3.05) is 5.32 Å². The Labute approximate surface area is 198 Å². The number of nitrogens with zero attached hydrogens (tertiary/aromatic N) is 4. The number of fused-ring (bicyclic) bond motifs is 1. The van der Waals surface area contributed by atoms with Crippen molar-refractivity contribution in [3.8, 4) is 22.6 Å². The van der Waals surface area contributed by atoms with Gasteiger partial charge in [0.25, 0.3) is 0 Å². The molecule has 0 aliphatic rings. The first-order valence-electron chi connectivity index (χ1n) is 10.6. The van der Waals surface area contributed by atoms with Crippen molar-refractivity contribution >= 4 is 33.2 Å². The maximum atomic E-state index is 13.2. The molecule has 0 bridgehead atoms. The van der Waals surface area contributed by atoms with E-state index in [0.717, 1.165) is 45.3 Å². The number of rotatable bonds is 5. The first-order chi connectivity index (χ1) is 16.3. The quantitative estimate of drug-likeness (QED) is 0.287. The van der Waals surface area contributed by atoms with Gasteiger partial charge < -0.3 is 9.88 Å². The molecule has 2 aromatic carbocycles. The zero-order chi connectivity index (χ0) is 23.9. The molecule has 3 heterocycles. The molecule has 34 heavy (non-hydrogen) atoms. The number of halogens is 3. The molecule has 0 aliphatic heterocycles. The van der Waals surface area contributed by atoms with Crippen LogP contribution in [0.1, 0.15) is 18.1 Å². The van der Waals surface area contributed by atoms with E-state index in [1.807, 2.05) is 48.1 Å². The van der Waals surface area contributed by atoms with Crippen molar-refractivity contribution in [1.29, 1.82) is 0 Å². The number of imidazole rings is 1. The van der Waals surface area contributed by atoms with Crippen molar-refractivity contribution in [2.24, 2.45) is 0 Å². The number of alkyl halides is 3. The number of benzene rings is 2. The summed E-state index contributed by atoms with van der Waals surface area (Å²) in [5.41, 5.74) is 4.91. The number of aromatic nitrogens is 4. The van der Waals surface area contributed by atoms with Crippen molar-refractivity contribution in [2.45, 2.75) is 26.6 Å². The van der Waals surface area contributed by atoms with Crippen LogP contribution >= 0.6 is 11.3 Å². The van der Waals surface area contributed by atoms with Gasteiger partial charge in [-0.2, -0.15) is 13.2 Å². The average molecular weight is 480 g/mol. The Bertz CT molecular complexity index is 1470. The molecule has 0 aliphatic carbocycles. The summed E-state index contributed by atoms with van der Waals surface area (Å²) < 4.78 is 41.7. The molecule has 1 N–H and O–H groups in total. The van der Waals surface area contributed by atoms with Gasteiger partial charge in [0.2, 0.25) is 0 Å². The molecule has 3 aromatic heterocycles. The normalized spacial score (nSPS) is 11.8. The van der Waals surface area contributed by atoms with Crippen molar-refractivity contribution in [3.63, 3.8) is 0 Å². The van der Waals surface area contributed by atoms with Gasteiger partial charge >= 0.3 is 6.18 Å². The largest absolute Gasteiger partial charge is 0.416 e. The maximum absolute atomic E-state index is 13.2. The summed E-state index contributed by atoms with van der Waals surface area (Å²) in [4.78, 5) is 13.5. The lowest BCUT2D eigenvalue weighted by Gasteiger charge is -2.11. The van der Waals surface area contributed by atoms with Gasteiger partial charge in [-0.3, -0.25) is 4.98 Å². The highest BCUT2D eigenvalue weighted by Crippen LogP contribution is 2.35. The molecule has 0 saturated heterocycles. The maximum Gasteiger partial charge on any atom is 0.416 e. The highest BCUT2D eigenvalue weighted by atomic mass is 32.1. The van der Waals surface area contributed by atoms with E-state index >= 15 is 0 Å². The number of hydrogen-bond donors (Lipinski definition) is 1. The van der Waals surface area contributed by atoms with Crippen molar-refractivity contribution in [3.05, 3.63) is 77.4 Å². The molecule has 5 rings (SSSR count). The Balaban J connectivity index is 1.52. The smallest absolute Gasteiger partial charge is 0.331 e. The van der Waals surface area contributed by atoms with Crippen LogP contribution in [0.15, 0.2) is 66.3 Å². The molecule has 0 amide bonds. The van der Waals surface area contributed by atoms with Gasteiger partial charge in [-0.25, -0.2) is 9.97 Å². The van der Waals surface area contributed by atoms with Crippen molar-refractivity contribution in [1.82, 2.24) is 19.5 Å². The molecule has 0 unspecified atom stereocenters. The summed E-state index contributed by atoms with van der Waals surface area (Å²) >= 11 is 1.48. The lowest BCUT2D eigenvalue weighted by molar-refractivity contribution is -0.137. The second kappa shape index (κ2) is 8.57. The Morgan fingerprint density at radius 1 is 1.03 bits per heavy atom. The molecule has 5 nitrogen and oxygen atoms in total. The molecule has 0 saturated carbocycles. The van der Waals surface area contributed by atoms with E-state index in [-0.39, 0.29) is 0 Å². The zero-order valence-electron chi connectivity index (χ0n) is 18.4. The third-order valence-corrected chi connectivity index (χ3v) is 6.32. The number of anilines is 2. The lowest BCUT2D eigenvalue weighted by Crippen LogP contribution is -2.05. The third kappa shape index (κ3) is 4.14. The zero-order valence-corrected chi connectivity index (χ0v) is 19.2. The predicted molar refractivity (Wildman–Crippen MR) is 129 cm³/mol. The molecule has 0 spiro atoms. The molecular weight excluding hydrogens is 459 g/mol. The van der Waals surface area contributed by atoms with Crippen LogP contribution in [0, 0.1) is 6.92 Å². The summed E-state index contributed by atoms with van der Waals surface area (Å²) in [5, 5.41) is 6.05. The number of thiazole rings is 1. The average Bonchev–Trinajstić information content (AvgIpc) is 3.44. The summed E-state index contributed by atoms with van der Waals surface area (Å²) in [7, 11) is 0. The highest BCUT2D eigenvalue weighted by molar-refractivity contribution is 7.14. The van der Waals surface area contributed by atoms with Crippen LogP contribution in [0.25, 0.3) is 33.7 Å². The minimum Gasteiger partial charge on any atom is -0.331 e. The van der Waals surface area contributed by atoms with E-state index in [1.54, 1.807) is 18.5 Å². The van der Waals surface area contributed by atoms with Crippen LogP contribution in [-0.2, 0) is 12.7 Å². The fraction of sp³-hybridized carbons (Fsp3) is 0.160. The van der Waals surface area contributed by atoms with Gasteiger partial charge in [0.05, 0.1) is 22.3 Å². The predicted octanol–water partition coefficient (Wildman–Crippen LogP) is 7.31. The summed E-state index contributed by atoms with van der Waals surface area (Å²) in [6.45, 7) is 4.51. The Morgan fingerprint density at radius 3 is 2.59 bits per heavy atom. The van der Waals surface area contributed by atoms with E-state index in [4.69, 9.17) is 4.98 Å². The lowest BCUT2D eigenvalue weighted by atomic mass is 10.1. The van der Waals surface area contributed by atoms with E-state index in [0.29, 0.717) is 23.4 Å². The first kappa shape index (κ1) is 22.1. The Kier molecular flexibility index (Phi) is 5.57. The van der Waals surface area contributed by atoms with Crippen LogP contribution < -0.4 is 5.32 Å². The molecule has 0 atom stereocenters. The minimum atomic E-state index is -4.41. The van der Waals surface area contributed by atoms with E-state index in [1.165, 1.54) is 17.4 Å². The Morgan fingerprint density at radius 2 is 1.85 bits per heavy atom.